The highest BCUT2D eigenvalue weighted by Gasteiger charge is 2.32. The van der Waals surface area contributed by atoms with Crippen LogP contribution in [0.1, 0.15) is 54.7 Å². The van der Waals surface area contributed by atoms with Crippen molar-refractivity contribution < 1.29 is 9.53 Å². The first-order valence-electron chi connectivity index (χ1n) is 9.93. The van der Waals surface area contributed by atoms with Crippen molar-refractivity contribution in [2.75, 3.05) is 19.7 Å². The fourth-order valence-electron chi connectivity index (χ4n) is 3.62. The first kappa shape index (κ1) is 18.5. The van der Waals surface area contributed by atoms with E-state index in [9.17, 15) is 4.79 Å². The fourth-order valence-corrected chi connectivity index (χ4v) is 4.55. The lowest BCUT2D eigenvalue weighted by Gasteiger charge is -2.36. The number of carbonyl (C=O) groups is 1. The molecule has 1 fully saturated rings. The number of hydrogen-bond donors (Lipinski definition) is 1. The smallest absolute Gasteiger partial charge is 0.237 e. The topological polar surface area (TPSA) is 41.6 Å². The molecule has 1 aromatic heterocycles. The van der Waals surface area contributed by atoms with Crippen LogP contribution in [0.2, 0.25) is 0 Å². The summed E-state index contributed by atoms with van der Waals surface area (Å²) in [6.45, 7) is 6.09. The van der Waals surface area contributed by atoms with Crippen LogP contribution in [0, 0.1) is 0 Å². The summed E-state index contributed by atoms with van der Waals surface area (Å²) in [4.78, 5) is 16.2. The second-order valence-electron chi connectivity index (χ2n) is 7.84. The molecule has 0 bridgehead atoms. The van der Waals surface area contributed by atoms with E-state index in [0.717, 1.165) is 18.7 Å². The summed E-state index contributed by atoms with van der Waals surface area (Å²) in [6.07, 6.45) is 3.34. The van der Waals surface area contributed by atoms with Gasteiger partial charge in [0, 0.05) is 17.5 Å². The van der Waals surface area contributed by atoms with Crippen LogP contribution >= 0.6 is 11.3 Å². The molecule has 1 aromatic carbocycles. The molecule has 144 valence electrons. The fraction of sp³-hybridized carbons (Fsp3) is 0.500. The quantitative estimate of drug-likeness (QED) is 0.780. The molecule has 2 aromatic rings. The van der Waals surface area contributed by atoms with Gasteiger partial charge in [0.2, 0.25) is 5.91 Å². The van der Waals surface area contributed by atoms with Gasteiger partial charge in [-0.15, -0.1) is 11.3 Å². The van der Waals surface area contributed by atoms with E-state index < -0.39 is 0 Å². The third-order valence-corrected chi connectivity index (χ3v) is 6.49. The number of thiophene rings is 1. The Balaban J connectivity index is 1.45. The summed E-state index contributed by atoms with van der Waals surface area (Å²) in [5.74, 6) is 1.56. The van der Waals surface area contributed by atoms with Crippen molar-refractivity contribution in [3.8, 4) is 5.75 Å². The van der Waals surface area contributed by atoms with Gasteiger partial charge in [0.1, 0.15) is 12.4 Å². The maximum atomic E-state index is 12.8. The standard InChI is InChI=1S/C22H28N2O2S/c1-15(2)16-3-7-18(8-4-16)26-14-20-19-10-12-27-21(19)9-11-24(20)22(25)13-23-17-5-6-17/h3-4,7-8,10,12,15,17,20,23H,5-6,9,11,13-14H2,1-2H3. The SMILES string of the molecule is CC(C)c1ccc(OCC2c3ccsc3CCN2C(=O)CNC2CC2)cc1. The molecule has 0 saturated heterocycles. The average molecular weight is 385 g/mol. The molecule has 4 rings (SSSR count). The molecular formula is C22H28N2O2S. The molecule has 0 radical (unpaired) electrons. The van der Waals surface area contributed by atoms with Crippen molar-refractivity contribution in [2.24, 2.45) is 0 Å². The van der Waals surface area contributed by atoms with Crippen molar-refractivity contribution in [1.82, 2.24) is 10.2 Å². The minimum Gasteiger partial charge on any atom is -0.491 e. The summed E-state index contributed by atoms with van der Waals surface area (Å²) in [5.41, 5.74) is 2.56. The molecule has 1 amide bonds. The largest absolute Gasteiger partial charge is 0.491 e. The Hall–Kier alpha value is -1.85. The van der Waals surface area contributed by atoms with Gasteiger partial charge >= 0.3 is 0 Å². The first-order chi connectivity index (χ1) is 13.1. The number of hydrogen-bond acceptors (Lipinski definition) is 4. The van der Waals surface area contributed by atoms with Gasteiger partial charge in [-0.3, -0.25) is 4.79 Å². The third kappa shape index (κ3) is 4.36. The highest BCUT2D eigenvalue weighted by atomic mass is 32.1. The van der Waals surface area contributed by atoms with Crippen LogP contribution < -0.4 is 10.1 Å². The van der Waals surface area contributed by atoms with E-state index in [2.05, 4.69) is 42.7 Å². The zero-order chi connectivity index (χ0) is 18.8. The molecule has 1 atom stereocenters. The Labute approximate surface area is 165 Å². The van der Waals surface area contributed by atoms with Crippen LogP contribution in [0.5, 0.6) is 5.75 Å². The van der Waals surface area contributed by atoms with E-state index in [1.807, 2.05) is 17.0 Å². The molecule has 1 unspecified atom stereocenters. The van der Waals surface area contributed by atoms with Gasteiger partial charge in [0.25, 0.3) is 0 Å². The van der Waals surface area contributed by atoms with Gasteiger partial charge in [-0.25, -0.2) is 0 Å². The normalized spacial score (nSPS) is 19.2. The molecule has 0 spiro atoms. The second kappa shape index (κ2) is 8.03. The Morgan fingerprint density at radius 3 is 2.74 bits per heavy atom. The zero-order valence-electron chi connectivity index (χ0n) is 16.1. The molecule has 5 heteroatoms. The number of carbonyl (C=O) groups excluding carboxylic acids is 1. The van der Waals surface area contributed by atoms with E-state index in [1.54, 1.807) is 11.3 Å². The Morgan fingerprint density at radius 1 is 1.26 bits per heavy atom. The monoisotopic (exact) mass is 384 g/mol. The molecule has 1 aliphatic carbocycles. The van der Waals surface area contributed by atoms with Gasteiger partial charge in [0.15, 0.2) is 0 Å². The van der Waals surface area contributed by atoms with Crippen LogP contribution in [0.4, 0.5) is 0 Å². The lowest BCUT2D eigenvalue weighted by atomic mass is 10.0. The minimum absolute atomic E-state index is 0.00159. The molecule has 1 N–H and O–H groups in total. The molecule has 4 nitrogen and oxygen atoms in total. The van der Waals surface area contributed by atoms with Crippen LogP contribution in [-0.4, -0.2) is 36.5 Å². The average Bonchev–Trinajstić information content (AvgIpc) is 3.39. The maximum Gasteiger partial charge on any atom is 0.237 e. The van der Waals surface area contributed by atoms with Crippen molar-refractivity contribution in [1.29, 1.82) is 0 Å². The van der Waals surface area contributed by atoms with E-state index in [0.29, 0.717) is 25.1 Å². The number of benzene rings is 1. The summed E-state index contributed by atoms with van der Waals surface area (Å²) in [5, 5.41) is 5.48. The summed E-state index contributed by atoms with van der Waals surface area (Å²) in [6, 6.07) is 11.0. The summed E-state index contributed by atoms with van der Waals surface area (Å²) >= 11 is 1.79. The summed E-state index contributed by atoms with van der Waals surface area (Å²) in [7, 11) is 0. The number of nitrogens with one attached hydrogen (secondary N) is 1. The number of nitrogens with zero attached hydrogens (tertiary/aromatic N) is 1. The van der Waals surface area contributed by atoms with E-state index in [4.69, 9.17) is 4.74 Å². The second-order valence-corrected chi connectivity index (χ2v) is 8.84. The zero-order valence-corrected chi connectivity index (χ0v) is 16.9. The molecule has 2 heterocycles. The highest BCUT2D eigenvalue weighted by Crippen LogP contribution is 2.34. The number of fused-ring (bicyclic) bond motifs is 1. The van der Waals surface area contributed by atoms with E-state index in [-0.39, 0.29) is 11.9 Å². The van der Waals surface area contributed by atoms with Gasteiger partial charge in [-0.1, -0.05) is 26.0 Å². The molecular weight excluding hydrogens is 356 g/mol. The van der Waals surface area contributed by atoms with Crippen molar-refractivity contribution in [3.63, 3.8) is 0 Å². The lowest BCUT2D eigenvalue weighted by Crippen LogP contribution is -2.46. The van der Waals surface area contributed by atoms with Crippen LogP contribution in [-0.2, 0) is 11.2 Å². The first-order valence-corrected chi connectivity index (χ1v) is 10.8. The lowest BCUT2D eigenvalue weighted by molar-refractivity contribution is -0.133. The van der Waals surface area contributed by atoms with E-state index in [1.165, 1.54) is 28.8 Å². The molecule has 1 aliphatic heterocycles. The maximum absolute atomic E-state index is 12.8. The van der Waals surface area contributed by atoms with Crippen molar-refractivity contribution >= 4 is 17.2 Å². The van der Waals surface area contributed by atoms with Crippen LogP contribution in [0.15, 0.2) is 35.7 Å². The van der Waals surface area contributed by atoms with Gasteiger partial charge in [-0.2, -0.15) is 0 Å². The van der Waals surface area contributed by atoms with Gasteiger partial charge in [-0.05, 0) is 59.9 Å². The Bertz CT molecular complexity index is 780. The predicted octanol–water partition coefficient (Wildman–Crippen LogP) is 4.13. The molecule has 1 saturated carbocycles. The molecule has 27 heavy (non-hydrogen) atoms. The molecule has 2 aliphatic rings. The Morgan fingerprint density at radius 2 is 2.04 bits per heavy atom. The van der Waals surface area contributed by atoms with Crippen molar-refractivity contribution in [3.05, 3.63) is 51.7 Å². The van der Waals surface area contributed by atoms with Gasteiger partial charge in [0.05, 0.1) is 12.6 Å². The van der Waals surface area contributed by atoms with Crippen LogP contribution in [0.3, 0.4) is 0 Å². The highest BCUT2D eigenvalue weighted by molar-refractivity contribution is 7.10. The van der Waals surface area contributed by atoms with E-state index >= 15 is 0 Å². The number of rotatable bonds is 7. The third-order valence-electron chi connectivity index (χ3n) is 5.49. The number of ether oxygens (including phenoxy) is 1. The minimum atomic E-state index is -0.00159. The van der Waals surface area contributed by atoms with Crippen molar-refractivity contribution in [2.45, 2.75) is 51.1 Å². The van der Waals surface area contributed by atoms with Crippen LogP contribution in [0.25, 0.3) is 0 Å². The number of amides is 1. The predicted molar refractivity (Wildman–Crippen MR) is 110 cm³/mol. The summed E-state index contributed by atoms with van der Waals surface area (Å²) < 4.78 is 6.12. The Kier molecular flexibility index (Phi) is 5.50. The van der Waals surface area contributed by atoms with Gasteiger partial charge < -0.3 is 15.0 Å².